The van der Waals surface area contributed by atoms with Crippen molar-refractivity contribution in [2.24, 2.45) is 0 Å². The Morgan fingerprint density at radius 2 is 2.05 bits per heavy atom. The van der Waals surface area contributed by atoms with E-state index in [4.69, 9.17) is 5.73 Å². The second-order valence-electron chi connectivity index (χ2n) is 4.96. The molecule has 0 unspecified atom stereocenters. The number of amides is 2. The summed E-state index contributed by atoms with van der Waals surface area (Å²) in [6, 6.07) is 5.40. The number of nitrogens with two attached hydrogens (primary N) is 1. The predicted octanol–water partition coefficient (Wildman–Crippen LogP) is 1.14. The molecule has 2 amide bonds. The van der Waals surface area contributed by atoms with Gasteiger partial charge in [0.2, 0.25) is 5.91 Å². The third kappa shape index (κ3) is 2.76. The molecular formula is C15H21N3O2. The highest BCUT2D eigenvalue weighted by Crippen LogP contribution is 2.21. The van der Waals surface area contributed by atoms with E-state index in [-0.39, 0.29) is 18.4 Å². The average molecular weight is 275 g/mol. The molecule has 0 spiro atoms. The van der Waals surface area contributed by atoms with Crippen molar-refractivity contribution < 1.29 is 9.59 Å². The van der Waals surface area contributed by atoms with E-state index in [9.17, 15) is 9.59 Å². The van der Waals surface area contributed by atoms with Gasteiger partial charge in [-0.15, -0.1) is 0 Å². The zero-order chi connectivity index (χ0) is 14.7. The van der Waals surface area contributed by atoms with E-state index < -0.39 is 0 Å². The molecule has 2 rings (SSSR count). The molecule has 0 atom stereocenters. The van der Waals surface area contributed by atoms with Crippen LogP contribution in [-0.4, -0.2) is 47.8 Å². The Balaban J connectivity index is 2.13. The van der Waals surface area contributed by atoms with E-state index in [1.54, 1.807) is 15.9 Å². The first-order chi connectivity index (χ1) is 9.56. The van der Waals surface area contributed by atoms with Gasteiger partial charge in [0, 0.05) is 30.9 Å². The number of hydrogen-bond acceptors (Lipinski definition) is 3. The zero-order valence-corrected chi connectivity index (χ0v) is 12.1. The van der Waals surface area contributed by atoms with Gasteiger partial charge in [0.05, 0.1) is 0 Å². The lowest BCUT2D eigenvalue weighted by Gasteiger charge is -2.30. The molecule has 0 radical (unpaired) electrons. The minimum Gasteiger partial charge on any atom is -0.399 e. The van der Waals surface area contributed by atoms with Crippen LogP contribution in [0.3, 0.4) is 0 Å². The topological polar surface area (TPSA) is 66.6 Å². The van der Waals surface area contributed by atoms with Gasteiger partial charge in [-0.1, -0.05) is 6.07 Å². The van der Waals surface area contributed by atoms with Gasteiger partial charge in [0.1, 0.15) is 6.54 Å². The molecule has 1 aromatic carbocycles. The Hall–Kier alpha value is -2.04. The summed E-state index contributed by atoms with van der Waals surface area (Å²) < 4.78 is 0. The van der Waals surface area contributed by atoms with Gasteiger partial charge < -0.3 is 15.5 Å². The Labute approximate surface area is 119 Å². The van der Waals surface area contributed by atoms with E-state index in [0.717, 1.165) is 12.0 Å². The van der Waals surface area contributed by atoms with Gasteiger partial charge >= 0.3 is 0 Å². The number of fused-ring (bicyclic) bond motifs is 1. The molecule has 0 saturated heterocycles. The number of nitrogens with zero attached hydrogens (tertiary/aromatic N) is 2. The zero-order valence-electron chi connectivity index (χ0n) is 12.1. The van der Waals surface area contributed by atoms with Crippen molar-refractivity contribution in [3.05, 3.63) is 29.3 Å². The third-order valence-corrected chi connectivity index (χ3v) is 3.74. The number of carbonyl (C=O) groups excluding carboxylic acids is 2. The van der Waals surface area contributed by atoms with Crippen molar-refractivity contribution in [3.63, 3.8) is 0 Å². The van der Waals surface area contributed by atoms with E-state index in [1.165, 1.54) is 0 Å². The van der Waals surface area contributed by atoms with Crippen molar-refractivity contribution >= 4 is 17.5 Å². The first-order valence-corrected chi connectivity index (χ1v) is 7.02. The van der Waals surface area contributed by atoms with Crippen LogP contribution in [0.15, 0.2) is 18.2 Å². The van der Waals surface area contributed by atoms with Crippen LogP contribution in [0.25, 0.3) is 0 Å². The van der Waals surface area contributed by atoms with Gasteiger partial charge in [0.15, 0.2) is 0 Å². The van der Waals surface area contributed by atoms with Gasteiger partial charge in [-0.25, -0.2) is 0 Å². The third-order valence-electron chi connectivity index (χ3n) is 3.74. The Morgan fingerprint density at radius 3 is 2.70 bits per heavy atom. The summed E-state index contributed by atoms with van der Waals surface area (Å²) in [4.78, 5) is 27.9. The quantitative estimate of drug-likeness (QED) is 0.838. The van der Waals surface area contributed by atoms with Crippen molar-refractivity contribution in [2.45, 2.75) is 20.3 Å². The molecule has 0 aromatic heterocycles. The normalized spacial score (nSPS) is 14.1. The minimum atomic E-state index is -0.0981. The second kappa shape index (κ2) is 5.94. The molecule has 5 heteroatoms. The molecule has 1 heterocycles. The SMILES string of the molecule is CCN(CC)C(=O)CN1CCc2ccc(N)cc2C1=O. The van der Waals surface area contributed by atoms with Crippen molar-refractivity contribution in [3.8, 4) is 0 Å². The number of nitrogen functional groups attached to an aromatic ring is 1. The maximum absolute atomic E-state index is 12.4. The summed E-state index contributed by atoms with van der Waals surface area (Å²) in [5.74, 6) is -0.102. The highest BCUT2D eigenvalue weighted by molar-refractivity contribution is 5.99. The van der Waals surface area contributed by atoms with E-state index in [1.807, 2.05) is 26.0 Å². The molecule has 1 aliphatic heterocycles. The molecule has 1 aromatic rings. The highest BCUT2D eigenvalue weighted by Gasteiger charge is 2.26. The fourth-order valence-electron chi connectivity index (χ4n) is 2.53. The number of hydrogen-bond donors (Lipinski definition) is 1. The molecule has 0 aliphatic carbocycles. The molecule has 20 heavy (non-hydrogen) atoms. The van der Waals surface area contributed by atoms with E-state index in [2.05, 4.69) is 0 Å². The van der Waals surface area contributed by atoms with Gasteiger partial charge in [-0.2, -0.15) is 0 Å². The molecule has 2 N–H and O–H groups in total. The summed E-state index contributed by atoms with van der Waals surface area (Å²) in [5, 5.41) is 0. The van der Waals surface area contributed by atoms with Crippen molar-refractivity contribution in [1.82, 2.24) is 9.80 Å². The highest BCUT2D eigenvalue weighted by atomic mass is 16.2. The first-order valence-electron chi connectivity index (χ1n) is 7.02. The Kier molecular flexibility index (Phi) is 4.27. The smallest absolute Gasteiger partial charge is 0.254 e. The summed E-state index contributed by atoms with van der Waals surface area (Å²) >= 11 is 0. The van der Waals surface area contributed by atoms with Crippen LogP contribution in [0.4, 0.5) is 5.69 Å². The molecule has 0 bridgehead atoms. The number of benzene rings is 1. The van der Waals surface area contributed by atoms with Crippen LogP contribution in [0.1, 0.15) is 29.8 Å². The molecular weight excluding hydrogens is 254 g/mol. The second-order valence-corrected chi connectivity index (χ2v) is 4.96. The standard InChI is InChI=1S/C15H21N3O2/c1-3-17(4-2)14(19)10-18-8-7-11-5-6-12(16)9-13(11)15(18)20/h5-6,9H,3-4,7-8,10,16H2,1-2H3. The summed E-state index contributed by atoms with van der Waals surface area (Å²) in [6.07, 6.45) is 0.771. The van der Waals surface area contributed by atoms with Crippen LogP contribution in [0.2, 0.25) is 0 Å². The lowest BCUT2D eigenvalue weighted by molar-refractivity contribution is -0.131. The maximum atomic E-state index is 12.4. The Bertz CT molecular complexity index is 524. The number of likely N-dealkylation sites (N-methyl/N-ethyl adjacent to an activating group) is 1. The van der Waals surface area contributed by atoms with Gasteiger partial charge in [-0.05, 0) is 38.0 Å². The summed E-state index contributed by atoms with van der Waals surface area (Å²) in [5.41, 5.74) is 7.95. The molecule has 1 aliphatic rings. The lowest BCUT2D eigenvalue weighted by Crippen LogP contribution is -2.45. The van der Waals surface area contributed by atoms with Crippen LogP contribution < -0.4 is 5.73 Å². The Morgan fingerprint density at radius 1 is 1.35 bits per heavy atom. The molecule has 0 fully saturated rings. The predicted molar refractivity (Wildman–Crippen MR) is 78.4 cm³/mol. The number of rotatable bonds is 4. The molecule has 0 saturated carbocycles. The monoisotopic (exact) mass is 275 g/mol. The molecule has 5 nitrogen and oxygen atoms in total. The lowest BCUT2D eigenvalue weighted by atomic mass is 9.98. The van der Waals surface area contributed by atoms with E-state index >= 15 is 0 Å². The first kappa shape index (κ1) is 14.4. The fraction of sp³-hybridized carbons (Fsp3) is 0.467. The van der Waals surface area contributed by atoms with Gasteiger partial charge in [0.25, 0.3) is 5.91 Å². The molecule has 108 valence electrons. The number of anilines is 1. The van der Waals surface area contributed by atoms with Crippen LogP contribution in [0.5, 0.6) is 0 Å². The maximum Gasteiger partial charge on any atom is 0.254 e. The summed E-state index contributed by atoms with van der Waals surface area (Å²) in [6.45, 7) is 5.95. The van der Waals surface area contributed by atoms with Crippen LogP contribution in [0, 0.1) is 0 Å². The van der Waals surface area contributed by atoms with Crippen LogP contribution >= 0.6 is 0 Å². The number of carbonyl (C=O) groups is 2. The van der Waals surface area contributed by atoms with Crippen molar-refractivity contribution in [1.29, 1.82) is 0 Å². The largest absolute Gasteiger partial charge is 0.399 e. The average Bonchev–Trinajstić information content (AvgIpc) is 2.44. The van der Waals surface area contributed by atoms with Crippen molar-refractivity contribution in [2.75, 3.05) is 31.9 Å². The van der Waals surface area contributed by atoms with Gasteiger partial charge in [-0.3, -0.25) is 9.59 Å². The minimum absolute atomic E-state index is 0.00398. The van der Waals surface area contributed by atoms with E-state index in [0.29, 0.717) is 30.9 Å². The van der Waals surface area contributed by atoms with Crippen LogP contribution in [-0.2, 0) is 11.2 Å². The fourth-order valence-corrected chi connectivity index (χ4v) is 2.53. The summed E-state index contributed by atoms with van der Waals surface area (Å²) in [7, 11) is 0.